The number of aliphatic imine (C=N–C) groups is 1. The van der Waals surface area contributed by atoms with Gasteiger partial charge in [0.1, 0.15) is 22.8 Å². The van der Waals surface area contributed by atoms with Gasteiger partial charge in [0, 0.05) is 28.9 Å². The zero-order chi connectivity index (χ0) is 30.1. The molecule has 0 spiro atoms. The van der Waals surface area contributed by atoms with Gasteiger partial charge in [-0.05, 0) is 19.9 Å². The number of thioether (sulfide) groups is 1. The molecule has 2 aromatic heterocycles. The van der Waals surface area contributed by atoms with Crippen LogP contribution in [0.4, 0.5) is 10.8 Å². The van der Waals surface area contributed by atoms with Crippen molar-refractivity contribution in [2.45, 2.75) is 37.4 Å². The Morgan fingerprint density at radius 2 is 2.05 bits per heavy atom. The number of aromatic nitrogens is 3. The summed E-state index contributed by atoms with van der Waals surface area (Å²) in [5.41, 5.74) is 14.9. The van der Waals surface area contributed by atoms with E-state index in [4.69, 9.17) is 22.0 Å². The highest BCUT2D eigenvalue weighted by atomic mass is 32.2. The number of hydrogen-bond acceptors (Lipinski definition) is 12. The van der Waals surface area contributed by atoms with Crippen molar-refractivity contribution in [1.82, 2.24) is 19.6 Å². The first-order valence-electron chi connectivity index (χ1n) is 11.7. The summed E-state index contributed by atoms with van der Waals surface area (Å²) in [7, 11) is 0. The normalized spacial score (nSPS) is 18.7. The zero-order valence-corrected chi connectivity index (χ0v) is 23.2. The molecule has 0 saturated carbocycles. The lowest BCUT2D eigenvalue weighted by atomic mass is 10.0. The van der Waals surface area contributed by atoms with Gasteiger partial charge in [0.2, 0.25) is 17.1 Å². The predicted molar refractivity (Wildman–Crippen MR) is 145 cm³/mol. The van der Waals surface area contributed by atoms with Gasteiger partial charge in [0.15, 0.2) is 30.0 Å². The van der Waals surface area contributed by atoms with E-state index < -0.39 is 46.5 Å². The average molecular weight is 606 g/mol. The van der Waals surface area contributed by atoms with Crippen LogP contribution in [0.5, 0.6) is 0 Å². The summed E-state index contributed by atoms with van der Waals surface area (Å²) in [4.78, 5) is 64.0. The van der Waals surface area contributed by atoms with E-state index in [0.717, 1.165) is 16.4 Å². The van der Waals surface area contributed by atoms with E-state index >= 15 is 0 Å². The Hall–Kier alpha value is -4.78. The molecule has 41 heavy (non-hydrogen) atoms. The van der Waals surface area contributed by atoms with Crippen LogP contribution in [0.3, 0.4) is 0 Å². The monoisotopic (exact) mass is 605 g/mol. The number of nitrogens with two attached hydrogens (primary N) is 3. The molecule has 9 N–H and O–H groups in total. The van der Waals surface area contributed by atoms with Crippen molar-refractivity contribution in [2.24, 2.45) is 21.6 Å². The summed E-state index contributed by atoms with van der Waals surface area (Å²) in [6, 6.07) is 2.24. The smallest absolute Gasteiger partial charge is 0.352 e. The van der Waals surface area contributed by atoms with Crippen LogP contribution >= 0.6 is 23.3 Å². The molecule has 0 aromatic carbocycles. The molecule has 1 saturated heterocycles. The third-order valence-corrected chi connectivity index (χ3v) is 7.64. The lowest BCUT2D eigenvalue weighted by Gasteiger charge is -2.49. The van der Waals surface area contributed by atoms with Crippen molar-refractivity contribution in [3.8, 4) is 0 Å². The second kappa shape index (κ2) is 11.4. The number of pyridine rings is 1. The number of nitrogen functional groups attached to an aromatic ring is 1. The fraction of sp³-hybridized carbons (Fsp3) is 0.318. The summed E-state index contributed by atoms with van der Waals surface area (Å²) < 4.78 is 5.60. The number of anilines is 1. The standard InChI is InChI=1S/C22H24N10O7S2/c1-22(2,19(37)38)39-29-11(14-28-21(25)41-30-14)15(33)27-12-16(34)32-13(18(35)36)9(8-40-17(12)32)6-31-5-3-4-10(7-31)26-20(23)24/h3-5,7,12,17H,6,8H2,1-2H3,(H8-,23,24,25,26,27,28,30,33,35,36,37,38)/p+1/b29-11-/t12-,17-/m1/s1. The molecule has 2 aliphatic rings. The average Bonchev–Trinajstić information content (AvgIpc) is 3.32. The number of hydrogen-bond donors (Lipinski definition) is 6. The first-order valence-corrected chi connectivity index (χ1v) is 13.5. The zero-order valence-electron chi connectivity index (χ0n) is 21.5. The van der Waals surface area contributed by atoms with Gasteiger partial charge in [-0.25, -0.2) is 14.6 Å². The van der Waals surface area contributed by atoms with E-state index in [-0.39, 0.29) is 34.9 Å². The number of oxime groups is 1. The van der Waals surface area contributed by atoms with Gasteiger partial charge in [0.05, 0.1) is 0 Å². The molecule has 216 valence electrons. The number of guanidine groups is 1. The van der Waals surface area contributed by atoms with E-state index in [9.17, 15) is 29.4 Å². The van der Waals surface area contributed by atoms with Gasteiger partial charge in [-0.2, -0.15) is 13.9 Å². The van der Waals surface area contributed by atoms with Crippen molar-refractivity contribution in [1.29, 1.82) is 0 Å². The van der Waals surface area contributed by atoms with Crippen molar-refractivity contribution < 1.29 is 38.8 Å². The van der Waals surface area contributed by atoms with Gasteiger partial charge in [-0.15, -0.1) is 11.8 Å². The number of β-lactam (4-membered cyclic amide) rings is 1. The van der Waals surface area contributed by atoms with Crippen molar-refractivity contribution in [2.75, 3.05) is 11.5 Å². The second-order valence-electron chi connectivity index (χ2n) is 9.19. The third kappa shape index (κ3) is 6.19. The molecule has 17 nitrogen and oxygen atoms in total. The van der Waals surface area contributed by atoms with E-state index in [1.165, 1.54) is 25.6 Å². The molecule has 2 aliphatic heterocycles. The number of fused-ring (bicyclic) bond motifs is 1. The van der Waals surface area contributed by atoms with Crippen LogP contribution in [0.25, 0.3) is 0 Å². The minimum atomic E-state index is -1.80. The number of rotatable bonds is 10. The van der Waals surface area contributed by atoms with Crippen LogP contribution in [-0.2, 0) is 30.6 Å². The van der Waals surface area contributed by atoms with E-state index in [0.29, 0.717) is 11.3 Å². The molecular formula is C22H25N10O7S2+. The quantitative estimate of drug-likeness (QED) is 0.0582. The molecule has 4 heterocycles. The fourth-order valence-corrected chi connectivity index (χ4v) is 5.54. The molecular weight excluding hydrogens is 580 g/mol. The third-order valence-electron chi connectivity index (χ3n) is 5.76. The number of nitrogens with one attached hydrogen (secondary N) is 1. The molecule has 0 unspecified atom stereocenters. The van der Waals surface area contributed by atoms with Gasteiger partial charge in [-0.1, -0.05) is 5.16 Å². The largest absolute Gasteiger partial charge is 0.478 e. The number of carbonyl (C=O) groups is 4. The molecule has 0 bridgehead atoms. The number of carbonyl (C=O) groups excluding carboxylic acids is 2. The highest BCUT2D eigenvalue weighted by molar-refractivity contribution is 8.00. The maximum atomic E-state index is 13.2. The van der Waals surface area contributed by atoms with E-state index in [1.807, 2.05) is 0 Å². The Balaban J connectivity index is 1.55. The topological polar surface area (TPSA) is 266 Å². The van der Waals surface area contributed by atoms with Crippen LogP contribution in [0.1, 0.15) is 19.7 Å². The van der Waals surface area contributed by atoms with E-state index in [2.05, 4.69) is 24.8 Å². The Labute approximate surface area is 239 Å². The number of aliphatic carboxylic acids is 2. The summed E-state index contributed by atoms with van der Waals surface area (Å²) in [5, 5.41) is 24.7. The Bertz CT molecular complexity index is 1520. The fourth-order valence-electron chi connectivity index (χ4n) is 3.77. The van der Waals surface area contributed by atoms with Gasteiger partial charge < -0.3 is 37.6 Å². The maximum Gasteiger partial charge on any atom is 0.352 e. The molecule has 2 aromatic rings. The van der Waals surface area contributed by atoms with Gasteiger partial charge in [-0.3, -0.25) is 14.5 Å². The van der Waals surface area contributed by atoms with Crippen molar-refractivity contribution in [3.05, 3.63) is 41.6 Å². The van der Waals surface area contributed by atoms with Crippen molar-refractivity contribution in [3.63, 3.8) is 0 Å². The van der Waals surface area contributed by atoms with Crippen LogP contribution in [0.15, 0.2) is 45.9 Å². The van der Waals surface area contributed by atoms with Crippen LogP contribution < -0.4 is 27.1 Å². The summed E-state index contributed by atoms with van der Waals surface area (Å²) in [6.45, 7) is 2.58. The summed E-state index contributed by atoms with van der Waals surface area (Å²) >= 11 is 2.02. The van der Waals surface area contributed by atoms with Crippen LogP contribution in [0.2, 0.25) is 0 Å². The molecule has 19 heteroatoms. The first kappa shape index (κ1) is 29.2. The number of nitrogens with zero attached hydrogens (tertiary/aromatic N) is 6. The van der Waals surface area contributed by atoms with Crippen molar-refractivity contribution >= 4 is 69.5 Å². The maximum absolute atomic E-state index is 13.2. The minimum absolute atomic E-state index is 0.0113. The molecule has 0 radical (unpaired) electrons. The van der Waals surface area contributed by atoms with Crippen LogP contribution in [0, 0.1) is 0 Å². The highest BCUT2D eigenvalue weighted by Gasteiger charge is 2.55. The highest BCUT2D eigenvalue weighted by Crippen LogP contribution is 2.40. The van der Waals surface area contributed by atoms with E-state index in [1.54, 1.807) is 29.1 Å². The van der Waals surface area contributed by atoms with Gasteiger partial charge >= 0.3 is 11.9 Å². The Morgan fingerprint density at radius 3 is 2.66 bits per heavy atom. The first-order chi connectivity index (χ1) is 19.3. The number of amides is 2. The Morgan fingerprint density at radius 1 is 1.32 bits per heavy atom. The minimum Gasteiger partial charge on any atom is -0.478 e. The van der Waals surface area contributed by atoms with Crippen LogP contribution in [-0.4, -0.2) is 82.7 Å². The lowest BCUT2D eigenvalue weighted by molar-refractivity contribution is -0.688. The molecule has 2 amide bonds. The second-order valence-corrected chi connectivity index (χ2v) is 11.1. The number of carboxylic acid groups (broad SMARTS) is 2. The Kier molecular flexibility index (Phi) is 8.10. The predicted octanol–water partition coefficient (Wildman–Crippen LogP) is -1.66. The summed E-state index contributed by atoms with van der Waals surface area (Å²) in [6.07, 6.45) is 3.32. The molecule has 4 rings (SSSR count). The lowest BCUT2D eigenvalue weighted by Crippen LogP contribution is -2.71. The molecule has 1 fully saturated rings. The van der Waals surface area contributed by atoms with Gasteiger partial charge in [0.25, 0.3) is 11.8 Å². The SMILES string of the molecule is CC(C)(O/N=C(\C(=O)N[C@@H]1C(=O)N2C(C(=O)O)=C(C[n+]3cccc(N=C(N)N)c3)CS[C@H]12)c1nsc(N)n1)C(=O)O. The summed E-state index contributed by atoms with van der Waals surface area (Å²) in [5.74, 6) is -4.40. The molecule has 0 aliphatic carbocycles. The molecule has 2 atom stereocenters. The number of carboxylic acids is 2.